The van der Waals surface area contributed by atoms with Crippen molar-refractivity contribution < 1.29 is 19.5 Å². The van der Waals surface area contributed by atoms with E-state index in [0.29, 0.717) is 5.69 Å². The Balaban J connectivity index is 0.00000180. The van der Waals surface area contributed by atoms with E-state index in [2.05, 4.69) is 5.43 Å². The van der Waals surface area contributed by atoms with Crippen LogP contribution in [0.2, 0.25) is 0 Å². The predicted octanol–water partition coefficient (Wildman–Crippen LogP) is 0.236. The fourth-order valence-corrected chi connectivity index (χ4v) is 2.60. The Morgan fingerprint density at radius 1 is 1.15 bits per heavy atom. The molecular formula is C11H17K2N2O4P. The molecule has 0 fully saturated rings. The Hall–Kier alpha value is 1.94. The van der Waals surface area contributed by atoms with Gasteiger partial charge >= 0.3 is 110 Å². The van der Waals surface area contributed by atoms with Crippen molar-refractivity contribution in [1.29, 1.82) is 0 Å². The van der Waals surface area contributed by atoms with Crippen LogP contribution in [0.25, 0.3) is 0 Å². The van der Waals surface area contributed by atoms with Crippen LogP contribution in [0.15, 0.2) is 29.4 Å². The summed E-state index contributed by atoms with van der Waals surface area (Å²) in [7, 11) is -4.43. The van der Waals surface area contributed by atoms with Gasteiger partial charge in [0.1, 0.15) is 5.31 Å². The number of aliphatic hydroxyl groups excluding tert-OH is 1. The van der Waals surface area contributed by atoms with Crippen LogP contribution in [0.4, 0.5) is 5.69 Å². The van der Waals surface area contributed by atoms with Gasteiger partial charge in [-0.3, -0.25) is 4.57 Å². The molecule has 0 aromatic heterocycles. The van der Waals surface area contributed by atoms with Crippen molar-refractivity contribution >= 4 is 116 Å². The third kappa shape index (κ3) is 5.24. The Morgan fingerprint density at radius 3 is 2.05 bits per heavy atom. The summed E-state index contributed by atoms with van der Waals surface area (Å²) in [6.45, 7) is 3.76. The van der Waals surface area contributed by atoms with Gasteiger partial charge in [-0.1, -0.05) is 6.07 Å². The molecule has 0 spiro atoms. The third-order valence-corrected chi connectivity index (χ3v) is 3.75. The van der Waals surface area contributed by atoms with Gasteiger partial charge in [-0.05, 0) is 37.1 Å². The molecule has 1 aromatic carbocycles. The predicted molar refractivity (Wildman–Crippen MR) is 82.4 cm³/mol. The maximum atomic E-state index is 11.2. The number of hydrogen-bond acceptors (Lipinski definition) is 4. The molecule has 1 aliphatic rings. The summed E-state index contributed by atoms with van der Waals surface area (Å²) < 4.78 is 11.2. The molecule has 102 valence electrons. The van der Waals surface area contributed by atoms with Crippen molar-refractivity contribution in [3.63, 3.8) is 0 Å². The first-order valence-corrected chi connectivity index (χ1v) is 7.00. The molecule has 0 saturated carbocycles. The number of hydrogen-bond donors (Lipinski definition) is 4. The van der Waals surface area contributed by atoms with E-state index in [0.717, 1.165) is 11.1 Å². The van der Waals surface area contributed by atoms with Gasteiger partial charge in [0.2, 0.25) is 5.88 Å². The molecule has 0 bridgehead atoms. The molecule has 0 unspecified atom stereocenters. The zero-order chi connectivity index (χ0) is 13.5. The molecular weight excluding hydrogens is 333 g/mol. The summed E-state index contributed by atoms with van der Waals surface area (Å²) in [6, 6.07) is 5.61. The topological polar surface area (TPSA) is 93.0 Å². The number of nitrogens with one attached hydrogen (secondary N) is 1. The SMILES string of the molecule is Cc1cc(C)cc(N2NCC(P(=O)(O)O)=C2O)c1.[KH].[KH]. The van der Waals surface area contributed by atoms with E-state index in [1.807, 2.05) is 32.0 Å². The van der Waals surface area contributed by atoms with Crippen molar-refractivity contribution in [2.75, 3.05) is 11.6 Å². The number of aliphatic hydroxyl groups is 1. The first-order chi connectivity index (χ1) is 8.29. The number of aryl methyl sites for hydroxylation is 2. The van der Waals surface area contributed by atoms with Crippen molar-refractivity contribution in [3.8, 4) is 0 Å². The van der Waals surface area contributed by atoms with Gasteiger partial charge in [0, 0.05) is 0 Å². The first kappa shape index (κ1) is 21.9. The zero-order valence-corrected chi connectivity index (χ0v) is 11.0. The van der Waals surface area contributed by atoms with Crippen molar-refractivity contribution in [1.82, 2.24) is 5.43 Å². The zero-order valence-electron chi connectivity index (χ0n) is 10.1. The van der Waals surface area contributed by atoms with E-state index < -0.39 is 13.5 Å². The summed E-state index contributed by atoms with van der Waals surface area (Å²) in [4.78, 5) is 18.2. The van der Waals surface area contributed by atoms with Gasteiger partial charge in [0.25, 0.3) is 0 Å². The summed E-state index contributed by atoms with van der Waals surface area (Å²) >= 11 is 0. The third-order valence-electron chi connectivity index (χ3n) is 2.69. The Labute approximate surface area is 203 Å². The Morgan fingerprint density at radius 2 is 1.65 bits per heavy atom. The van der Waals surface area contributed by atoms with Crippen LogP contribution in [-0.4, -0.2) is 124 Å². The second kappa shape index (κ2) is 8.70. The second-order valence-electron chi connectivity index (χ2n) is 4.33. The monoisotopic (exact) mass is 350 g/mol. The van der Waals surface area contributed by atoms with Gasteiger partial charge in [0.15, 0.2) is 0 Å². The van der Waals surface area contributed by atoms with Gasteiger partial charge in [-0.15, -0.1) is 0 Å². The summed E-state index contributed by atoms with van der Waals surface area (Å²) in [5.74, 6) is -0.423. The summed E-state index contributed by atoms with van der Waals surface area (Å²) in [5, 5.41) is 10.9. The van der Waals surface area contributed by atoms with Crippen LogP contribution >= 0.6 is 7.60 Å². The van der Waals surface area contributed by atoms with Crippen LogP contribution in [0.5, 0.6) is 0 Å². The standard InChI is InChI=1S/C11H15N2O4P.2K.2H/c1-7-3-8(2)5-9(4-7)13-11(14)10(6-12-13)18(15,16)17;;;;/h3-5,12,14H,6H2,1-2H3,(H2,15,16,17);;;;. The van der Waals surface area contributed by atoms with Crippen molar-refractivity contribution in [3.05, 3.63) is 40.5 Å². The molecule has 1 aromatic rings. The fraction of sp³-hybridized carbons (Fsp3) is 0.273. The first-order valence-electron chi connectivity index (χ1n) is 5.39. The molecule has 1 aliphatic heterocycles. The van der Waals surface area contributed by atoms with Gasteiger partial charge in [0.05, 0.1) is 12.2 Å². The number of nitrogens with zero attached hydrogens (tertiary/aromatic N) is 1. The molecule has 0 saturated heterocycles. The van der Waals surface area contributed by atoms with Crippen molar-refractivity contribution in [2.45, 2.75) is 13.8 Å². The molecule has 9 heteroatoms. The Kier molecular flexibility index (Phi) is 9.54. The normalized spacial score (nSPS) is 14.9. The number of rotatable bonds is 2. The molecule has 0 aliphatic carbocycles. The van der Waals surface area contributed by atoms with E-state index in [-0.39, 0.29) is 115 Å². The minimum absolute atomic E-state index is 0. The van der Waals surface area contributed by atoms with E-state index in [9.17, 15) is 9.67 Å². The molecule has 6 nitrogen and oxygen atoms in total. The van der Waals surface area contributed by atoms with Crippen LogP contribution in [0.3, 0.4) is 0 Å². The van der Waals surface area contributed by atoms with Crippen LogP contribution < -0.4 is 10.4 Å². The van der Waals surface area contributed by atoms with Crippen LogP contribution in [0, 0.1) is 13.8 Å². The molecule has 0 radical (unpaired) electrons. The molecule has 0 amide bonds. The van der Waals surface area contributed by atoms with E-state index in [1.165, 1.54) is 5.01 Å². The van der Waals surface area contributed by atoms with E-state index in [4.69, 9.17) is 9.79 Å². The molecule has 1 heterocycles. The van der Waals surface area contributed by atoms with Gasteiger partial charge < -0.3 is 14.9 Å². The van der Waals surface area contributed by atoms with Crippen LogP contribution in [-0.2, 0) is 4.57 Å². The minimum atomic E-state index is -4.43. The molecule has 20 heavy (non-hydrogen) atoms. The second-order valence-corrected chi connectivity index (χ2v) is 5.96. The average molecular weight is 350 g/mol. The number of hydrazine groups is 1. The fourth-order valence-electron chi connectivity index (χ4n) is 1.96. The number of benzene rings is 1. The Bertz CT molecular complexity index is 553. The van der Waals surface area contributed by atoms with E-state index in [1.54, 1.807) is 0 Å². The molecule has 4 N–H and O–H groups in total. The summed E-state index contributed by atoms with van der Waals surface area (Å²) in [5.41, 5.74) is 5.41. The molecule has 2 rings (SSSR count). The van der Waals surface area contributed by atoms with Gasteiger partial charge in [-0.25, -0.2) is 10.4 Å². The van der Waals surface area contributed by atoms with E-state index >= 15 is 0 Å². The van der Waals surface area contributed by atoms with Crippen molar-refractivity contribution in [2.24, 2.45) is 0 Å². The molecule has 0 atom stereocenters. The summed E-state index contributed by atoms with van der Waals surface area (Å²) in [6.07, 6.45) is 0. The van der Waals surface area contributed by atoms with Crippen LogP contribution in [0.1, 0.15) is 11.1 Å². The maximum absolute atomic E-state index is 11.2. The van der Waals surface area contributed by atoms with Gasteiger partial charge in [-0.2, -0.15) is 0 Å². The number of anilines is 1. The quantitative estimate of drug-likeness (QED) is 0.451. The average Bonchev–Trinajstić information content (AvgIpc) is 2.57.